The Bertz CT molecular complexity index is 625. The molecular weight excluding hydrogens is 204 g/mol. The molecule has 5 heteroatoms. The minimum Gasteiger partial charge on any atom is -0.421 e. The fourth-order valence-electron chi connectivity index (χ4n) is 1.65. The molecule has 0 saturated heterocycles. The number of nitrogens with zero attached hydrogens (tertiary/aromatic N) is 3. The highest BCUT2D eigenvalue weighted by atomic mass is 16.4. The van der Waals surface area contributed by atoms with E-state index in [2.05, 4.69) is 20.2 Å². The lowest BCUT2D eigenvalue weighted by Gasteiger charge is -1.95. The Morgan fingerprint density at radius 2 is 2.25 bits per heavy atom. The van der Waals surface area contributed by atoms with E-state index in [0.29, 0.717) is 11.8 Å². The van der Waals surface area contributed by atoms with Gasteiger partial charge < -0.3 is 9.40 Å². The number of nitrogens with one attached hydrogen (secondary N) is 1. The van der Waals surface area contributed by atoms with Crippen molar-refractivity contribution in [3.63, 3.8) is 0 Å². The first-order chi connectivity index (χ1) is 7.88. The van der Waals surface area contributed by atoms with E-state index in [4.69, 9.17) is 4.42 Å². The quantitative estimate of drug-likeness (QED) is 0.709. The van der Waals surface area contributed by atoms with Crippen LogP contribution in [0.15, 0.2) is 28.9 Å². The van der Waals surface area contributed by atoms with Crippen LogP contribution in [0.4, 0.5) is 0 Å². The van der Waals surface area contributed by atoms with Gasteiger partial charge in [0.25, 0.3) is 0 Å². The van der Waals surface area contributed by atoms with Gasteiger partial charge in [0.05, 0.1) is 5.56 Å². The summed E-state index contributed by atoms with van der Waals surface area (Å²) in [5.41, 5.74) is 1.74. The zero-order chi connectivity index (χ0) is 11.0. The average Bonchev–Trinajstić information content (AvgIpc) is 2.97. The lowest BCUT2D eigenvalue weighted by molar-refractivity contribution is 0.513. The van der Waals surface area contributed by atoms with Crippen molar-refractivity contribution in [3.8, 4) is 11.5 Å². The van der Waals surface area contributed by atoms with E-state index in [0.717, 1.165) is 23.0 Å². The van der Waals surface area contributed by atoms with E-state index in [9.17, 15) is 0 Å². The van der Waals surface area contributed by atoms with Crippen LogP contribution < -0.4 is 0 Å². The lowest BCUT2D eigenvalue weighted by Crippen LogP contribution is -1.81. The summed E-state index contributed by atoms with van der Waals surface area (Å²) in [7, 11) is 0. The lowest BCUT2D eigenvalue weighted by atomic mass is 10.2. The molecule has 0 bridgehead atoms. The molecule has 3 heterocycles. The van der Waals surface area contributed by atoms with Gasteiger partial charge in [0.15, 0.2) is 0 Å². The molecule has 0 radical (unpaired) electrons. The Balaban J connectivity index is 2.21. The molecule has 0 aliphatic heterocycles. The smallest absolute Gasteiger partial charge is 0.248 e. The van der Waals surface area contributed by atoms with Crippen LogP contribution in [0.3, 0.4) is 0 Å². The van der Waals surface area contributed by atoms with Crippen molar-refractivity contribution in [2.75, 3.05) is 0 Å². The highest BCUT2D eigenvalue weighted by Gasteiger charge is 2.11. The molecule has 80 valence electrons. The van der Waals surface area contributed by atoms with Crippen LogP contribution >= 0.6 is 0 Å². The van der Waals surface area contributed by atoms with E-state index in [-0.39, 0.29) is 0 Å². The first kappa shape index (κ1) is 9.08. The Morgan fingerprint density at radius 3 is 3.06 bits per heavy atom. The standard InChI is InChI=1S/C11H10N4O/c1-2-9-14-15-11(16-9)8-4-6-13-10-7(8)3-5-12-10/h3-6H,2H2,1H3,(H,12,13). The molecule has 0 spiro atoms. The van der Waals surface area contributed by atoms with Gasteiger partial charge in [-0.05, 0) is 12.1 Å². The van der Waals surface area contributed by atoms with E-state index in [1.807, 2.05) is 25.3 Å². The number of hydrogen-bond acceptors (Lipinski definition) is 4. The molecular formula is C11H10N4O. The SMILES string of the molecule is CCc1nnc(-c2ccnc3[nH]ccc23)o1. The van der Waals surface area contributed by atoms with Gasteiger partial charge in [-0.15, -0.1) is 10.2 Å². The first-order valence-electron chi connectivity index (χ1n) is 5.13. The van der Waals surface area contributed by atoms with E-state index in [1.165, 1.54) is 0 Å². The summed E-state index contributed by atoms with van der Waals surface area (Å²) in [6, 6.07) is 3.83. The Hall–Kier alpha value is -2.17. The molecule has 0 aliphatic carbocycles. The number of aromatic nitrogens is 4. The van der Waals surface area contributed by atoms with Gasteiger partial charge in [-0.1, -0.05) is 6.92 Å². The molecule has 0 saturated carbocycles. The van der Waals surface area contributed by atoms with E-state index >= 15 is 0 Å². The summed E-state index contributed by atoms with van der Waals surface area (Å²) in [4.78, 5) is 7.26. The molecule has 16 heavy (non-hydrogen) atoms. The van der Waals surface area contributed by atoms with Crippen molar-refractivity contribution in [1.29, 1.82) is 0 Å². The topological polar surface area (TPSA) is 67.6 Å². The van der Waals surface area contributed by atoms with Crippen LogP contribution in [0.2, 0.25) is 0 Å². The predicted molar refractivity (Wildman–Crippen MR) is 58.8 cm³/mol. The van der Waals surface area contributed by atoms with E-state index < -0.39 is 0 Å². The molecule has 1 N–H and O–H groups in total. The number of fused-ring (bicyclic) bond motifs is 1. The van der Waals surface area contributed by atoms with Crippen molar-refractivity contribution in [1.82, 2.24) is 20.2 Å². The summed E-state index contributed by atoms with van der Waals surface area (Å²) >= 11 is 0. The highest BCUT2D eigenvalue weighted by Crippen LogP contribution is 2.25. The first-order valence-corrected chi connectivity index (χ1v) is 5.13. The third kappa shape index (κ3) is 1.29. The second-order valence-corrected chi connectivity index (χ2v) is 3.45. The maximum absolute atomic E-state index is 5.53. The Kier molecular flexibility index (Phi) is 1.96. The maximum Gasteiger partial charge on any atom is 0.248 e. The summed E-state index contributed by atoms with van der Waals surface area (Å²) in [6.45, 7) is 1.98. The minimum absolute atomic E-state index is 0.545. The molecule has 3 aromatic heterocycles. The van der Waals surface area contributed by atoms with Crippen molar-refractivity contribution in [2.24, 2.45) is 0 Å². The fourth-order valence-corrected chi connectivity index (χ4v) is 1.65. The number of aryl methyl sites for hydroxylation is 1. The Labute approximate surface area is 91.5 Å². The number of H-pyrrole nitrogens is 1. The molecule has 0 aliphatic rings. The van der Waals surface area contributed by atoms with Crippen molar-refractivity contribution in [3.05, 3.63) is 30.4 Å². The normalized spacial score (nSPS) is 11.1. The van der Waals surface area contributed by atoms with Gasteiger partial charge in [0.1, 0.15) is 5.65 Å². The Morgan fingerprint density at radius 1 is 1.31 bits per heavy atom. The summed E-state index contributed by atoms with van der Waals surface area (Å²) < 4.78 is 5.53. The van der Waals surface area contributed by atoms with Crippen LogP contribution in [0.25, 0.3) is 22.5 Å². The fraction of sp³-hybridized carbons (Fsp3) is 0.182. The third-order valence-electron chi connectivity index (χ3n) is 2.46. The molecule has 5 nitrogen and oxygen atoms in total. The van der Waals surface area contributed by atoms with Gasteiger partial charge in [-0.25, -0.2) is 4.98 Å². The van der Waals surface area contributed by atoms with Crippen molar-refractivity contribution < 1.29 is 4.42 Å². The largest absolute Gasteiger partial charge is 0.421 e. The summed E-state index contributed by atoms with van der Waals surface area (Å²) in [5.74, 6) is 1.19. The highest BCUT2D eigenvalue weighted by molar-refractivity contribution is 5.90. The average molecular weight is 214 g/mol. The van der Waals surface area contributed by atoms with Crippen LogP contribution in [0.1, 0.15) is 12.8 Å². The number of rotatable bonds is 2. The minimum atomic E-state index is 0.545. The summed E-state index contributed by atoms with van der Waals surface area (Å²) in [6.07, 6.45) is 4.32. The molecule has 0 atom stereocenters. The monoisotopic (exact) mass is 214 g/mol. The van der Waals surface area contributed by atoms with Crippen LogP contribution in [-0.2, 0) is 6.42 Å². The second-order valence-electron chi connectivity index (χ2n) is 3.45. The van der Waals surface area contributed by atoms with Gasteiger partial charge in [-0.3, -0.25) is 0 Å². The maximum atomic E-state index is 5.53. The zero-order valence-corrected chi connectivity index (χ0v) is 8.77. The molecule has 0 fully saturated rings. The molecule has 3 aromatic rings. The molecule has 0 amide bonds. The van der Waals surface area contributed by atoms with Gasteiger partial charge in [0, 0.05) is 24.2 Å². The predicted octanol–water partition coefficient (Wildman–Crippen LogP) is 2.18. The van der Waals surface area contributed by atoms with Crippen molar-refractivity contribution >= 4 is 11.0 Å². The third-order valence-corrected chi connectivity index (χ3v) is 2.46. The van der Waals surface area contributed by atoms with Crippen LogP contribution in [0.5, 0.6) is 0 Å². The van der Waals surface area contributed by atoms with Gasteiger partial charge >= 0.3 is 0 Å². The van der Waals surface area contributed by atoms with E-state index in [1.54, 1.807) is 6.20 Å². The van der Waals surface area contributed by atoms with Crippen LogP contribution in [-0.4, -0.2) is 20.2 Å². The second kappa shape index (κ2) is 3.44. The molecule has 3 rings (SSSR count). The number of aromatic amines is 1. The number of pyridine rings is 1. The number of hydrogen-bond donors (Lipinski definition) is 1. The molecule has 0 aromatic carbocycles. The van der Waals surface area contributed by atoms with Crippen molar-refractivity contribution in [2.45, 2.75) is 13.3 Å². The van der Waals surface area contributed by atoms with Gasteiger partial charge in [0.2, 0.25) is 11.8 Å². The van der Waals surface area contributed by atoms with Crippen LogP contribution in [0, 0.1) is 0 Å². The summed E-state index contributed by atoms with van der Waals surface area (Å²) in [5, 5.41) is 8.98. The van der Waals surface area contributed by atoms with Gasteiger partial charge in [-0.2, -0.15) is 0 Å². The zero-order valence-electron chi connectivity index (χ0n) is 8.77. The molecule has 0 unspecified atom stereocenters.